The Balaban J connectivity index is 1.77. The number of halogens is 3. The molecule has 0 saturated carbocycles. The molecule has 0 bridgehead atoms. The predicted octanol–water partition coefficient (Wildman–Crippen LogP) is 5.86. The topological polar surface area (TPSA) is 53.3 Å². The van der Waals surface area contributed by atoms with Gasteiger partial charge in [-0.05, 0) is 29.8 Å². The summed E-state index contributed by atoms with van der Waals surface area (Å²) in [7, 11) is 3.34. The number of aryl methyl sites for hydroxylation is 1. The molecule has 3 aromatic rings. The van der Waals surface area contributed by atoms with Crippen LogP contribution in [0, 0.1) is 0 Å². The Kier molecular flexibility index (Phi) is 6.85. The van der Waals surface area contributed by atoms with Gasteiger partial charge in [0.25, 0.3) is 0 Å². The summed E-state index contributed by atoms with van der Waals surface area (Å²) < 4.78 is 12.8. The molecule has 5 nitrogen and oxygen atoms in total. The van der Waals surface area contributed by atoms with Crippen LogP contribution in [0.5, 0.6) is 11.5 Å². The van der Waals surface area contributed by atoms with Gasteiger partial charge in [-0.1, -0.05) is 46.9 Å². The van der Waals surface area contributed by atoms with Gasteiger partial charge >= 0.3 is 0 Å². The lowest BCUT2D eigenvalue weighted by molar-refractivity contribution is 0.104. The molecule has 0 aliphatic heterocycles. The number of hydrogen-bond acceptors (Lipinski definition) is 4. The molecular formula is C21H17Cl3N2O3. The molecule has 3 rings (SSSR count). The van der Waals surface area contributed by atoms with Gasteiger partial charge in [0.05, 0.1) is 33.9 Å². The summed E-state index contributed by atoms with van der Waals surface area (Å²) >= 11 is 18.1. The average molecular weight is 452 g/mol. The van der Waals surface area contributed by atoms with Crippen LogP contribution in [0.25, 0.3) is 6.08 Å². The number of rotatable bonds is 7. The molecular weight excluding hydrogens is 435 g/mol. The van der Waals surface area contributed by atoms with E-state index >= 15 is 0 Å². The fourth-order valence-corrected chi connectivity index (χ4v) is 3.19. The summed E-state index contributed by atoms with van der Waals surface area (Å²) in [6.45, 7) is 0.194. The van der Waals surface area contributed by atoms with Crippen LogP contribution in [0.1, 0.15) is 21.5 Å². The largest absolute Gasteiger partial charge is 0.496 e. The minimum Gasteiger partial charge on any atom is -0.496 e. The highest BCUT2D eigenvalue weighted by Crippen LogP contribution is 2.34. The van der Waals surface area contributed by atoms with E-state index in [0.29, 0.717) is 32.1 Å². The second kappa shape index (κ2) is 9.35. The van der Waals surface area contributed by atoms with Gasteiger partial charge in [0.2, 0.25) is 0 Å². The molecule has 1 aromatic heterocycles. The lowest BCUT2D eigenvalue weighted by Gasteiger charge is -2.13. The summed E-state index contributed by atoms with van der Waals surface area (Å²) in [4.78, 5) is 12.2. The predicted molar refractivity (Wildman–Crippen MR) is 115 cm³/mol. The summed E-state index contributed by atoms with van der Waals surface area (Å²) in [6, 6.07) is 8.62. The number of carbonyl (C=O) groups excluding carboxylic acids is 1. The first kappa shape index (κ1) is 21.2. The molecule has 0 saturated heterocycles. The van der Waals surface area contributed by atoms with Gasteiger partial charge in [-0.25, -0.2) is 0 Å². The zero-order valence-corrected chi connectivity index (χ0v) is 17.9. The molecule has 0 fully saturated rings. The van der Waals surface area contributed by atoms with Crippen molar-refractivity contribution in [3.8, 4) is 11.5 Å². The molecule has 29 heavy (non-hydrogen) atoms. The molecule has 0 amide bonds. The van der Waals surface area contributed by atoms with Crippen molar-refractivity contribution in [1.82, 2.24) is 9.78 Å². The van der Waals surface area contributed by atoms with Crippen molar-refractivity contribution >= 4 is 46.7 Å². The van der Waals surface area contributed by atoms with Crippen LogP contribution < -0.4 is 9.47 Å². The third-order valence-corrected chi connectivity index (χ3v) is 5.10. The lowest BCUT2D eigenvalue weighted by atomic mass is 10.1. The van der Waals surface area contributed by atoms with Crippen LogP contribution >= 0.6 is 34.8 Å². The van der Waals surface area contributed by atoms with Crippen molar-refractivity contribution in [3.05, 3.63) is 80.6 Å². The maximum absolute atomic E-state index is 12.2. The van der Waals surface area contributed by atoms with Crippen LogP contribution in [0.15, 0.2) is 48.8 Å². The normalized spacial score (nSPS) is 11.1. The monoisotopic (exact) mass is 450 g/mol. The molecule has 1 heterocycles. The quantitative estimate of drug-likeness (QED) is 0.256. The Morgan fingerprint density at radius 1 is 1.10 bits per heavy atom. The maximum atomic E-state index is 12.2. The molecule has 0 spiro atoms. The highest BCUT2D eigenvalue weighted by atomic mass is 35.5. The van der Waals surface area contributed by atoms with Gasteiger partial charge in [-0.3, -0.25) is 9.48 Å². The number of methoxy groups -OCH3 is 1. The molecule has 0 aliphatic rings. The number of aromatic nitrogens is 2. The second-order valence-electron chi connectivity index (χ2n) is 6.16. The first-order valence-electron chi connectivity index (χ1n) is 8.52. The highest BCUT2D eigenvalue weighted by molar-refractivity contribution is 6.43. The third kappa shape index (κ3) is 5.32. The fraction of sp³-hybridized carbons (Fsp3) is 0.143. The van der Waals surface area contributed by atoms with E-state index < -0.39 is 0 Å². The summed E-state index contributed by atoms with van der Waals surface area (Å²) in [5.41, 5.74) is 2.13. The van der Waals surface area contributed by atoms with Crippen molar-refractivity contribution in [1.29, 1.82) is 0 Å². The Hall–Kier alpha value is -2.47. The van der Waals surface area contributed by atoms with Crippen molar-refractivity contribution in [2.75, 3.05) is 7.11 Å². The van der Waals surface area contributed by atoms with Crippen LogP contribution in [0.3, 0.4) is 0 Å². The van der Waals surface area contributed by atoms with E-state index in [9.17, 15) is 4.79 Å². The SMILES string of the molecule is COc1ccc(/C=C/C(=O)c2cnn(C)c2)cc1COc1cc(Cl)c(Cl)cc1Cl. The van der Waals surface area contributed by atoms with Crippen molar-refractivity contribution in [3.63, 3.8) is 0 Å². The van der Waals surface area contributed by atoms with Crippen LogP contribution in [-0.2, 0) is 13.7 Å². The number of nitrogens with zero attached hydrogens (tertiary/aromatic N) is 2. The van der Waals surface area contributed by atoms with Crippen LogP contribution in [0.2, 0.25) is 15.1 Å². The van der Waals surface area contributed by atoms with E-state index in [1.54, 1.807) is 37.2 Å². The van der Waals surface area contributed by atoms with Crippen LogP contribution in [-0.4, -0.2) is 22.7 Å². The first-order valence-corrected chi connectivity index (χ1v) is 9.66. The summed E-state index contributed by atoms with van der Waals surface area (Å²) in [5.74, 6) is 0.932. The number of ketones is 1. The van der Waals surface area contributed by atoms with Gasteiger partial charge in [-0.2, -0.15) is 5.10 Å². The van der Waals surface area contributed by atoms with Crippen molar-refractivity contribution < 1.29 is 14.3 Å². The zero-order chi connectivity index (χ0) is 21.0. The molecule has 8 heteroatoms. The Morgan fingerprint density at radius 2 is 1.86 bits per heavy atom. The number of allylic oxidation sites excluding steroid dienone is 1. The third-order valence-electron chi connectivity index (χ3n) is 4.08. The second-order valence-corrected chi connectivity index (χ2v) is 7.38. The summed E-state index contributed by atoms with van der Waals surface area (Å²) in [5, 5.41) is 5.06. The van der Waals surface area contributed by atoms with Crippen molar-refractivity contribution in [2.45, 2.75) is 6.61 Å². The molecule has 0 N–H and O–H groups in total. The average Bonchev–Trinajstić information content (AvgIpc) is 3.14. The molecule has 2 aromatic carbocycles. The standard InChI is InChI=1S/C21H17Cl3N2O3/c1-26-11-15(10-25-26)19(27)5-3-13-4-6-20(28-2)14(7-13)12-29-21-9-17(23)16(22)8-18(21)24/h3-11H,12H2,1-2H3/b5-3+. The van der Waals surface area contributed by atoms with Gasteiger partial charge < -0.3 is 9.47 Å². The molecule has 0 aliphatic carbocycles. The lowest BCUT2D eigenvalue weighted by Crippen LogP contribution is -2.00. The molecule has 0 unspecified atom stereocenters. The van der Waals surface area contributed by atoms with Crippen molar-refractivity contribution in [2.24, 2.45) is 7.05 Å². The Bertz CT molecular complexity index is 1080. The molecule has 0 atom stereocenters. The summed E-state index contributed by atoms with van der Waals surface area (Å²) in [6.07, 6.45) is 6.42. The smallest absolute Gasteiger partial charge is 0.189 e. The van der Waals surface area contributed by atoms with E-state index in [2.05, 4.69) is 5.10 Å². The molecule has 0 radical (unpaired) electrons. The minimum absolute atomic E-state index is 0.130. The first-order chi connectivity index (χ1) is 13.9. The Labute approximate surface area is 183 Å². The number of benzene rings is 2. The van der Waals surface area contributed by atoms with E-state index in [1.165, 1.54) is 18.3 Å². The molecule has 150 valence electrons. The zero-order valence-electron chi connectivity index (χ0n) is 15.7. The number of carbonyl (C=O) groups is 1. The van der Waals surface area contributed by atoms with Gasteiger partial charge in [0.1, 0.15) is 18.1 Å². The highest BCUT2D eigenvalue weighted by Gasteiger charge is 2.10. The van der Waals surface area contributed by atoms with E-state index in [-0.39, 0.29) is 12.4 Å². The number of ether oxygens (including phenoxy) is 2. The number of hydrogen-bond donors (Lipinski definition) is 0. The van der Waals surface area contributed by atoms with E-state index in [4.69, 9.17) is 44.3 Å². The van der Waals surface area contributed by atoms with Gasteiger partial charge in [-0.15, -0.1) is 0 Å². The Morgan fingerprint density at radius 3 is 2.55 bits per heavy atom. The minimum atomic E-state index is -0.130. The fourth-order valence-electron chi connectivity index (χ4n) is 2.60. The van der Waals surface area contributed by atoms with Gasteiger partial charge in [0.15, 0.2) is 5.78 Å². The van der Waals surface area contributed by atoms with E-state index in [1.807, 2.05) is 18.2 Å². The van der Waals surface area contributed by atoms with Crippen LogP contribution in [0.4, 0.5) is 0 Å². The maximum Gasteiger partial charge on any atom is 0.189 e. The van der Waals surface area contributed by atoms with E-state index in [0.717, 1.165) is 11.1 Å². The van der Waals surface area contributed by atoms with Gasteiger partial charge in [0, 0.05) is 24.9 Å².